The molecule has 92 valence electrons. The molecule has 0 N–H and O–H groups in total. The highest BCUT2D eigenvalue weighted by atomic mass is 79.9. The Hall–Kier alpha value is -1.09. The van der Waals surface area contributed by atoms with Gasteiger partial charge >= 0.3 is 0 Å². The van der Waals surface area contributed by atoms with Crippen LogP contribution in [0.25, 0.3) is 0 Å². The summed E-state index contributed by atoms with van der Waals surface area (Å²) in [4.78, 5) is 11.7. The molecule has 1 rings (SSSR count). The lowest BCUT2D eigenvalue weighted by molar-refractivity contribution is 0.0990. The predicted octanol–water partition coefficient (Wildman–Crippen LogP) is 4.00. The first-order valence-electron chi connectivity index (χ1n) is 5.60. The Morgan fingerprint density at radius 2 is 2.00 bits per heavy atom. The molecule has 0 radical (unpaired) electrons. The zero-order chi connectivity index (χ0) is 12.8. The van der Waals surface area contributed by atoms with Crippen LogP contribution in [0.4, 0.5) is 0 Å². The lowest BCUT2D eigenvalue weighted by Crippen LogP contribution is -2.12. The summed E-state index contributed by atoms with van der Waals surface area (Å²) in [5, 5.41) is 0. The zero-order valence-corrected chi connectivity index (χ0v) is 11.8. The number of hydrogen-bond acceptors (Lipinski definition) is 2. The SMILES string of the molecule is C=C(C)COc1ccc(C(=O)C(Br)CC)cc1. The summed E-state index contributed by atoms with van der Waals surface area (Å²) in [5.41, 5.74) is 1.67. The van der Waals surface area contributed by atoms with E-state index in [1.165, 1.54) is 0 Å². The molecular formula is C14H17BrO2. The van der Waals surface area contributed by atoms with Crippen LogP contribution in [-0.2, 0) is 0 Å². The van der Waals surface area contributed by atoms with Crippen molar-refractivity contribution in [2.75, 3.05) is 6.61 Å². The Bertz CT molecular complexity index is 395. The van der Waals surface area contributed by atoms with Gasteiger partial charge in [0.25, 0.3) is 0 Å². The second kappa shape index (κ2) is 6.60. The number of halogens is 1. The molecule has 3 heteroatoms. The van der Waals surface area contributed by atoms with E-state index in [0.29, 0.717) is 12.2 Å². The molecule has 1 atom stereocenters. The summed E-state index contributed by atoms with van der Waals surface area (Å²) in [6, 6.07) is 7.21. The van der Waals surface area contributed by atoms with Crippen LogP contribution in [0.15, 0.2) is 36.4 Å². The summed E-state index contributed by atoms with van der Waals surface area (Å²) < 4.78 is 5.47. The number of benzene rings is 1. The van der Waals surface area contributed by atoms with Gasteiger partial charge in [-0.15, -0.1) is 0 Å². The fraction of sp³-hybridized carbons (Fsp3) is 0.357. The Morgan fingerprint density at radius 1 is 1.41 bits per heavy atom. The highest BCUT2D eigenvalue weighted by molar-refractivity contribution is 9.10. The quantitative estimate of drug-likeness (QED) is 0.451. The van der Waals surface area contributed by atoms with E-state index in [0.717, 1.165) is 17.7 Å². The Morgan fingerprint density at radius 3 is 2.47 bits per heavy atom. The second-order valence-electron chi connectivity index (χ2n) is 4.01. The van der Waals surface area contributed by atoms with Crippen molar-refractivity contribution in [2.45, 2.75) is 25.1 Å². The van der Waals surface area contributed by atoms with E-state index in [9.17, 15) is 4.79 Å². The van der Waals surface area contributed by atoms with Gasteiger partial charge in [-0.25, -0.2) is 0 Å². The third-order valence-electron chi connectivity index (χ3n) is 2.27. The minimum Gasteiger partial charge on any atom is -0.489 e. The number of carbonyl (C=O) groups is 1. The lowest BCUT2D eigenvalue weighted by Gasteiger charge is -2.08. The molecule has 0 aliphatic rings. The first-order chi connectivity index (χ1) is 8.04. The van der Waals surface area contributed by atoms with E-state index in [2.05, 4.69) is 22.5 Å². The maximum Gasteiger partial charge on any atom is 0.176 e. The van der Waals surface area contributed by atoms with Crippen LogP contribution < -0.4 is 4.74 Å². The van der Waals surface area contributed by atoms with E-state index < -0.39 is 0 Å². The molecule has 0 amide bonds. The first kappa shape index (κ1) is 14.0. The number of alkyl halides is 1. The minimum atomic E-state index is -0.107. The van der Waals surface area contributed by atoms with Gasteiger partial charge in [0, 0.05) is 5.56 Å². The van der Waals surface area contributed by atoms with Crippen LogP contribution in [-0.4, -0.2) is 17.2 Å². The highest BCUT2D eigenvalue weighted by Gasteiger charge is 2.14. The molecule has 0 fully saturated rings. The fourth-order valence-electron chi connectivity index (χ4n) is 1.29. The van der Waals surface area contributed by atoms with Gasteiger partial charge in [-0.1, -0.05) is 29.4 Å². The number of carbonyl (C=O) groups excluding carboxylic acids is 1. The van der Waals surface area contributed by atoms with Crippen molar-refractivity contribution in [3.05, 3.63) is 42.0 Å². The average molecular weight is 297 g/mol. The zero-order valence-electron chi connectivity index (χ0n) is 10.2. The molecule has 0 aliphatic carbocycles. The second-order valence-corrected chi connectivity index (χ2v) is 5.12. The van der Waals surface area contributed by atoms with Gasteiger partial charge in [-0.2, -0.15) is 0 Å². The molecule has 1 aromatic rings. The van der Waals surface area contributed by atoms with E-state index in [1.807, 2.05) is 26.0 Å². The highest BCUT2D eigenvalue weighted by Crippen LogP contribution is 2.17. The Labute approximate surface area is 111 Å². The third-order valence-corrected chi connectivity index (χ3v) is 3.33. The largest absolute Gasteiger partial charge is 0.489 e. The number of ether oxygens (including phenoxy) is 1. The van der Waals surface area contributed by atoms with Gasteiger partial charge in [0.05, 0.1) is 4.83 Å². The van der Waals surface area contributed by atoms with Gasteiger partial charge in [0.15, 0.2) is 5.78 Å². The molecule has 0 heterocycles. The summed E-state index contributed by atoms with van der Waals surface area (Å²) in [5.74, 6) is 0.867. The standard InChI is InChI=1S/C14H17BrO2/c1-4-13(15)14(16)11-5-7-12(8-6-11)17-9-10(2)3/h5-8,13H,2,4,9H2,1,3H3. The monoisotopic (exact) mass is 296 g/mol. The number of Topliss-reactive ketones (excluding diaryl/α,β-unsaturated/α-hetero) is 1. The van der Waals surface area contributed by atoms with Crippen LogP contribution in [0.5, 0.6) is 5.75 Å². The van der Waals surface area contributed by atoms with Crippen molar-refractivity contribution in [1.82, 2.24) is 0 Å². The van der Waals surface area contributed by atoms with E-state index in [-0.39, 0.29) is 10.6 Å². The number of hydrogen-bond donors (Lipinski definition) is 0. The van der Waals surface area contributed by atoms with Crippen LogP contribution in [0.1, 0.15) is 30.6 Å². The molecular weight excluding hydrogens is 280 g/mol. The normalized spacial score (nSPS) is 11.9. The molecule has 0 saturated heterocycles. The Balaban J connectivity index is 2.67. The number of ketones is 1. The van der Waals surface area contributed by atoms with Crippen molar-refractivity contribution in [1.29, 1.82) is 0 Å². The van der Waals surface area contributed by atoms with Crippen molar-refractivity contribution in [3.8, 4) is 5.75 Å². The average Bonchev–Trinajstić information content (AvgIpc) is 2.35. The number of rotatable bonds is 6. The molecule has 1 aromatic carbocycles. The summed E-state index contributed by atoms with van der Waals surface area (Å²) in [7, 11) is 0. The van der Waals surface area contributed by atoms with Crippen LogP contribution >= 0.6 is 15.9 Å². The Kier molecular flexibility index (Phi) is 5.42. The van der Waals surface area contributed by atoms with Gasteiger partial charge in [0.1, 0.15) is 12.4 Å². The minimum absolute atomic E-state index is 0.107. The van der Waals surface area contributed by atoms with E-state index in [1.54, 1.807) is 12.1 Å². The van der Waals surface area contributed by atoms with Crippen molar-refractivity contribution in [2.24, 2.45) is 0 Å². The lowest BCUT2D eigenvalue weighted by atomic mass is 10.1. The molecule has 0 saturated carbocycles. The molecule has 0 aliphatic heterocycles. The van der Waals surface area contributed by atoms with Crippen LogP contribution in [0.3, 0.4) is 0 Å². The van der Waals surface area contributed by atoms with Crippen LogP contribution in [0, 0.1) is 0 Å². The topological polar surface area (TPSA) is 26.3 Å². The van der Waals surface area contributed by atoms with Crippen LogP contribution in [0.2, 0.25) is 0 Å². The van der Waals surface area contributed by atoms with E-state index in [4.69, 9.17) is 4.74 Å². The summed E-state index contributed by atoms with van der Waals surface area (Å²) >= 11 is 3.35. The third kappa shape index (κ3) is 4.35. The molecule has 0 bridgehead atoms. The molecule has 1 unspecified atom stereocenters. The predicted molar refractivity (Wildman–Crippen MR) is 74.1 cm³/mol. The molecule has 0 spiro atoms. The smallest absolute Gasteiger partial charge is 0.176 e. The summed E-state index contributed by atoms with van der Waals surface area (Å²) in [6.45, 7) is 8.15. The van der Waals surface area contributed by atoms with Crippen molar-refractivity contribution in [3.63, 3.8) is 0 Å². The molecule has 0 aromatic heterocycles. The maximum absolute atomic E-state index is 11.9. The van der Waals surface area contributed by atoms with Crippen molar-refractivity contribution >= 4 is 21.7 Å². The van der Waals surface area contributed by atoms with E-state index >= 15 is 0 Å². The van der Waals surface area contributed by atoms with Gasteiger partial charge in [-0.05, 0) is 43.2 Å². The van der Waals surface area contributed by atoms with Crippen molar-refractivity contribution < 1.29 is 9.53 Å². The van der Waals surface area contributed by atoms with Gasteiger partial charge < -0.3 is 4.74 Å². The van der Waals surface area contributed by atoms with Gasteiger partial charge in [0.2, 0.25) is 0 Å². The summed E-state index contributed by atoms with van der Waals surface area (Å²) in [6.07, 6.45) is 0.784. The first-order valence-corrected chi connectivity index (χ1v) is 6.51. The molecule has 17 heavy (non-hydrogen) atoms. The van der Waals surface area contributed by atoms with Gasteiger partial charge in [-0.3, -0.25) is 4.79 Å². The maximum atomic E-state index is 11.9. The fourth-order valence-corrected chi connectivity index (χ4v) is 1.55. The molecule has 2 nitrogen and oxygen atoms in total.